The highest BCUT2D eigenvalue weighted by atomic mass is 16.5. The summed E-state index contributed by atoms with van der Waals surface area (Å²) in [6, 6.07) is 15.7. The molecule has 242 valence electrons. The van der Waals surface area contributed by atoms with Crippen molar-refractivity contribution in [3.8, 4) is 5.75 Å². The van der Waals surface area contributed by atoms with E-state index in [1.165, 1.54) is 6.42 Å². The largest absolute Gasteiger partial charge is 0.491 e. The Bertz CT molecular complexity index is 1170. The Morgan fingerprint density at radius 2 is 1.61 bits per heavy atom. The van der Waals surface area contributed by atoms with Crippen molar-refractivity contribution in [1.29, 1.82) is 0 Å². The van der Waals surface area contributed by atoms with Gasteiger partial charge in [0.05, 0.1) is 43.4 Å². The summed E-state index contributed by atoms with van der Waals surface area (Å²) in [7, 11) is 0. The number of hydrogen-bond acceptors (Lipinski definition) is 7. The zero-order valence-electron chi connectivity index (χ0n) is 26.1. The van der Waals surface area contributed by atoms with Gasteiger partial charge in [-0.15, -0.1) is 0 Å². The van der Waals surface area contributed by atoms with Gasteiger partial charge in [-0.1, -0.05) is 88.4 Å². The number of carbonyl (C=O) groups is 2. The van der Waals surface area contributed by atoms with Crippen molar-refractivity contribution in [1.82, 2.24) is 10.6 Å². The minimum atomic E-state index is -1.41. The van der Waals surface area contributed by atoms with Crippen LogP contribution in [0.1, 0.15) is 76.0 Å². The van der Waals surface area contributed by atoms with E-state index >= 15 is 0 Å². The van der Waals surface area contributed by atoms with Crippen molar-refractivity contribution < 1.29 is 34.4 Å². The van der Waals surface area contributed by atoms with E-state index in [1.54, 1.807) is 0 Å². The average molecular weight is 611 g/mol. The lowest BCUT2D eigenvalue weighted by Crippen LogP contribution is -2.55. The predicted octanol–water partition coefficient (Wildman–Crippen LogP) is 3.70. The van der Waals surface area contributed by atoms with E-state index in [0.29, 0.717) is 32.0 Å². The first-order valence-corrected chi connectivity index (χ1v) is 16.2. The van der Waals surface area contributed by atoms with Crippen LogP contribution in [0.5, 0.6) is 5.75 Å². The van der Waals surface area contributed by atoms with Crippen LogP contribution in [-0.2, 0) is 20.7 Å². The molecule has 4 rings (SSSR count). The number of hydrogen-bond donors (Lipinski definition) is 5. The number of nitrogens with one attached hydrogen (secondary N) is 2. The maximum atomic E-state index is 13.6. The summed E-state index contributed by atoms with van der Waals surface area (Å²) in [5.41, 5.74) is 1.84. The quantitative estimate of drug-likeness (QED) is 0.183. The number of ether oxygens (including phenoxy) is 2. The molecule has 9 heteroatoms. The summed E-state index contributed by atoms with van der Waals surface area (Å²) in [5.74, 6) is -0.878. The number of rotatable bonds is 16. The fourth-order valence-electron chi connectivity index (χ4n) is 6.65. The zero-order valence-corrected chi connectivity index (χ0v) is 26.1. The molecule has 2 amide bonds. The van der Waals surface area contributed by atoms with Crippen LogP contribution in [0, 0.1) is 17.8 Å². The summed E-state index contributed by atoms with van der Waals surface area (Å²) in [6.45, 7) is 4.55. The van der Waals surface area contributed by atoms with Crippen molar-refractivity contribution in [3.63, 3.8) is 0 Å². The van der Waals surface area contributed by atoms with Gasteiger partial charge in [0.2, 0.25) is 11.8 Å². The molecule has 1 saturated carbocycles. The molecule has 0 aliphatic heterocycles. The van der Waals surface area contributed by atoms with Gasteiger partial charge in [-0.3, -0.25) is 9.59 Å². The Morgan fingerprint density at radius 1 is 0.909 bits per heavy atom. The fraction of sp³-hybridized carbons (Fsp3) is 0.600. The lowest BCUT2D eigenvalue weighted by Gasteiger charge is -2.36. The van der Waals surface area contributed by atoms with Crippen molar-refractivity contribution in [2.45, 2.75) is 95.6 Å². The molecule has 0 unspecified atom stereocenters. The van der Waals surface area contributed by atoms with Crippen LogP contribution in [0.3, 0.4) is 0 Å². The van der Waals surface area contributed by atoms with E-state index in [9.17, 15) is 24.9 Å². The number of benzene rings is 2. The Hall–Kier alpha value is -2.98. The molecule has 2 aromatic carbocycles. The van der Waals surface area contributed by atoms with Crippen LogP contribution in [-0.4, -0.2) is 71.3 Å². The molecule has 0 aromatic heterocycles. The van der Waals surface area contributed by atoms with Crippen LogP contribution in [0.2, 0.25) is 0 Å². The monoisotopic (exact) mass is 610 g/mol. The second kappa shape index (κ2) is 16.9. The molecule has 1 fully saturated rings. The molecule has 0 spiro atoms. The van der Waals surface area contributed by atoms with Crippen molar-refractivity contribution >= 4 is 11.8 Å². The third-order valence-corrected chi connectivity index (χ3v) is 9.02. The Labute approximate surface area is 261 Å². The molecule has 6 atom stereocenters. The lowest BCUT2D eigenvalue weighted by atomic mass is 9.79. The molecule has 2 aliphatic carbocycles. The third kappa shape index (κ3) is 9.51. The molecule has 0 bridgehead atoms. The van der Waals surface area contributed by atoms with Crippen LogP contribution in [0.4, 0.5) is 0 Å². The van der Waals surface area contributed by atoms with Crippen LogP contribution < -0.4 is 15.4 Å². The molecule has 9 nitrogen and oxygen atoms in total. The van der Waals surface area contributed by atoms with Crippen molar-refractivity contribution in [2.24, 2.45) is 17.8 Å². The fourth-order valence-corrected chi connectivity index (χ4v) is 6.65. The summed E-state index contributed by atoms with van der Waals surface area (Å²) in [5, 5.41) is 39.6. The second-order valence-corrected chi connectivity index (χ2v) is 12.6. The molecule has 0 saturated heterocycles. The number of aliphatic hydroxyl groups is 3. The second-order valence-electron chi connectivity index (χ2n) is 12.6. The first-order valence-electron chi connectivity index (χ1n) is 16.2. The molecule has 2 aliphatic rings. The highest BCUT2D eigenvalue weighted by molar-refractivity contribution is 5.80. The van der Waals surface area contributed by atoms with E-state index in [2.05, 4.69) is 10.6 Å². The molecule has 0 heterocycles. The van der Waals surface area contributed by atoms with Gasteiger partial charge in [0, 0.05) is 12.8 Å². The molecular formula is C35H50N2O7. The first-order chi connectivity index (χ1) is 21.2. The highest BCUT2D eigenvalue weighted by Gasteiger charge is 2.41. The molecule has 44 heavy (non-hydrogen) atoms. The third-order valence-electron chi connectivity index (χ3n) is 9.02. The van der Waals surface area contributed by atoms with E-state index in [1.807, 2.05) is 68.4 Å². The minimum Gasteiger partial charge on any atom is -0.491 e. The standard InChI is InChI=1S/C35H50N2O7/c1-23(2)31(35(42)37-32-27-16-10-9-13-25(27)22-29(32)38)34(41)33(40)28(21-24-11-5-3-6-12-24)36-30(39)17-18-43-19-20-44-26-14-7-4-8-15-26/h4,7-10,13-16,23-24,28-29,31-34,38,40-41H,3,5-6,11-12,17-22H2,1-2H3,(H,36,39)(H,37,42)/t28-,29+,31+,32-,33+,34+/m0/s1. The van der Waals surface area contributed by atoms with Gasteiger partial charge >= 0.3 is 0 Å². The summed E-state index contributed by atoms with van der Waals surface area (Å²) in [4.78, 5) is 26.6. The molecule has 2 aromatic rings. The summed E-state index contributed by atoms with van der Waals surface area (Å²) >= 11 is 0. The van der Waals surface area contributed by atoms with Gasteiger partial charge < -0.3 is 35.4 Å². The Morgan fingerprint density at radius 3 is 2.34 bits per heavy atom. The molecule has 0 radical (unpaired) electrons. The maximum Gasteiger partial charge on any atom is 0.226 e. The smallest absolute Gasteiger partial charge is 0.226 e. The Balaban J connectivity index is 1.34. The van der Waals surface area contributed by atoms with E-state index in [-0.39, 0.29) is 24.9 Å². The van der Waals surface area contributed by atoms with Crippen molar-refractivity contribution in [3.05, 3.63) is 65.7 Å². The number of carbonyl (C=O) groups excluding carboxylic acids is 2. The Kier molecular flexibility index (Phi) is 13.0. The predicted molar refractivity (Wildman–Crippen MR) is 168 cm³/mol. The van der Waals surface area contributed by atoms with Gasteiger partial charge in [0.25, 0.3) is 0 Å². The molecular weight excluding hydrogens is 560 g/mol. The maximum absolute atomic E-state index is 13.6. The SMILES string of the molecule is CC(C)[C@@H](C(=O)N[C@H]1c2ccccc2C[C@H]1O)[C@@H](O)[C@H](O)[C@H](CC1CCCCC1)NC(=O)CCOCCOc1ccccc1. The number of aliphatic hydroxyl groups excluding tert-OH is 3. The number of fused-ring (bicyclic) bond motifs is 1. The zero-order chi connectivity index (χ0) is 31.5. The van der Waals surface area contributed by atoms with E-state index < -0.39 is 42.2 Å². The lowest BCUT2D eigenvalue weighted by molar-refractivity contribution is -0.138. The van der Waals surface area contributed by atoms with E-state index in [4.69, 9.17) is 9.47 Å². The summed E-state index contributed by atoms with van der Waals surface area (Å²) < 4.78 is 11.2. The van der Waals surface area contributed by atoms with Gasteiger partial charge in [-0.25, -0.2) is 0 Å². The average Bonchev–Trinajstić information content (AvgIpc) is 3.33. The van der Waals surface area contributed by atoms with Crippen LogP contribution in [0.25, 0.3) is 0 Å². The molecule has 5 N–H and O–H groups in total. The van der Waals surface area contributed by atoms with E-state index in [0.717, 1.165) is 42.6 Å². The number of amides is 2. The van der Waals surface area contributed by atoms with Gasteiger partial charge in [0.15, 0.2) is 0 Å². The highest BCUT2D eigenvalue weighted by Crippen LogP contribution is 2.33. The minimum absolute atomic E-state index is 0.0996. The van der Waals surface area contributed by atoms with Crippen LogP contribution >= 0.6 is 0 Å². The number of para-hydroxylation sites is 1. The van der Waals surface area contributed by atoms with Crippen LogP contribution in [0.15, 0.2) is 54.6 Å². The summed E-state index contributed by atoms with van der Waals surface area (Å²) in [6.07, 6.45) is 2.93. The van der Waals surface area contributed by atoms with Gasteiger partial charge in [0.1, 0.15) is 18.5 Å². The topological polar surface area (TPSA) is 137 Å². The first kappa shape index (κ1) is 33.9. The van der Waals surface area contributed by atoms with Crippen molar-refractivity contribution in [2.75, 3.05) is 19.8 Å². The van der Waals surface area contributed by atoms with Gasteiger partial charge in [-0.2, -0.15) is 0 Å². The normalized spacial score (nSPS) is 21.2. The van der Waals surface area contributed by atoms with Gasteiger partial charge in [-0.05, 0) is 41.5 Å².